The highest BCUT2D eigenvalue weighted by molar-refractivity contribution is 7.92. The van der Waals surface area contributed by atoms with Gasteiger partial charge in [0.15, 0.2) is 0 Å². The van der Waals surface area contributed by atoms with E-state index in [-0.39, 0.29) is 18.2 Å². The van der Waals surface area contributed by atoms with E-state index < -0.39 is 10.0 Å². The first-order chi connectivity index (χ1) is 13.4. The highest BCUT2D eigenvalue weighted by Crippen LogP contribution is 2.29. The number of amides is 1. The van der Waals surface area contributed by atoms with Crippen LogP contribution in [0.15, 0.2) is 45.5 Å². The van der Waals surface area contributed by atoms with Crippen LogP contribution in [0.4, 0.5) is 5.69 Å². The molecule has 9 heteroatoms. The number of para-hydroxylation sites is 1. The minimum absolute atomic E-state index is 0.0344. The molecule has 148 valence electrons. The van der Waals surface area contributed by atoms with Crippen LogP contribution in [0.25, 0.3) is 11.5 Å². The molecule has 3 aromatic rings. The molecule has 0 aliphatic rings. The van der Waals surface area contributed by atoms with Crippen molar-refractivity contribution < 1.29 is 17.6 Å². The lowest BCUT2D eigenvalue weighted by molar-refractivity contribution is -0.120. The van der Waals surface area contributed by atoms with Gasteiger partial charge in [-0.15, -0.1) is 0 Å². The number of aromatic nitrogens is 1. The molecule has 2 N–H and O–H groups in total. The van der Waals surface area contributed by atoms with E-state index in [1.165, 1.54) is 0 Å². The molecule has 0 aliphatic carbocycles. The van der Waals surface area contributed by atoms with Gasteiger partial charge in [-0.25, -0.2) is 13.4 Å². The molecule has 0 spiro atoms. The van der Waals surface area contributed by atoms with Crippen LogP contribution in [-0.4, -0.2) is 25.1 Å². The number of sulfonamides is 1. The van der Waals surface area contributed by atoms with Gasteiger partial charge < -0.3 is 9.73 Å². The number of hydrogen-bond donors (Lipinski definition) is 2. The van der Waals surface area contributed by atoms with Gasteiger partial charge in [-0.3, -0.25) is 9.52 Å². The topological polar surface area (TPSA) is 101 Å². The average molecular weight is 420 g/mol. The number of nitrogens with zero attached hydrogens (tertiary/aromatic N) is 1. The van der Waals surface area contributed by atoms with Crippen LogP contribution >= 0.6 is 11.3 Å². The van der Waals surface area contributed by atoms with Crippen molar-refractivity contribution in [3.63, 3.8) is 0 Å². The lowest BCUT2D eigenvalue weighted by atomic mass is 10.2. The predicted molar refractivity (Wildman–Crippen MR) is 110 cm³/mol. The van der Waals surface area contributed by atoms with Crippen molar-refractivity contribution in [3.8, 4) is 11.5 Å². The molecule has 3 rings (SSSR count). The third-order valence-corrected chi connectivity index (χ3v) is 6.12. The molecule has 28 heavy (non-hydrogen) atoms. The number of thiophene rings is 1. The van der Waals surface area contributed by atoms with Crippen molar-refractivity contribution in [2.24, 2.45) is 0 Å². The van der Waals surface area contributed by atoms with E-state index in [4.69, 9.17) is 4.42 Å². The molecule has 1 amide bonds. The van der Waals surface area contributed by atoms with E-state index in [0.717, 1.165) is 5.56 Å². The van der Waals surface area contributed by atoms with Crippen molar-refractivity contribution in [2.75, 3.05) is 10.5 Å². The molecule has 0 saturated carbocycles. The van der Waals surface area contributed by atoms with Gasteiger partial charge >= 0.3 is 0 Å². The van der Waals surface area contributed by atoms with Crippen LogP contribution in [0.5, 0.6) is 0 Å². The largest absolute Gasteiger partial charge is 0.441 e. The zero-order valence-electron chi connectivity index (χ0n) is 15.6. The molecule has 7 nitrogen and oxygen atoms in total. The number of carbonyl (C=O) groups excluding carboxylic acids is 1. The smallest absolute Gasteiger partial charge is 0.232 e. The molecule has 0 fully saturated rings. The molecule has 2 aromatic heterocycles. The maximum Gasteiger partial charge on any atom is 0.232 e. The summed E-state index contributed by atoms with van der Waals surface area (Å²) in [7, 11) is -3.43. The molecule has 0 atom stereocenters. The second-order valence-corrected chi connectivity index (χ2v) is 8.95. The average Bonchev–Trinajstić information content (AvgIpc) is 3.30. The summed E-state index contributed by atoms with van der Waals surface area (Å²) in [6.45, 7) is 3.56. The maximum atomic E-state index is 12.1. The molecule has 0 unspecified atom stereocenters. The summed E-state index contributed by atoms with van der Waals surface area (Å²) < 4.78 is 32.1. The normalized spacial score (nSPS) is 11.4. The fourth-order valence-corrected chi connectivity index (χ4v) is 3.86. The first-order valence-corrected chi connectivity index (χ1v) is 11.3. The third kappa shape index (κ3) is 4.99. The molecule has 0 saturated heterocycles. The minimum atomic E-state index is -3.43. The van der Waals surface area contributed by atoms with Crippen LogP contribution in [0.3, 0.4) is 0 Å². The van der Waals surface area contributed by atoms with Gasteiger partial charge in [0.1, 0.15) is 11.5 Å². The quantitative estimate of drug-likeness (QED) is 0.583. The summed E-state index contributed by atoms with van der Waals surface area (Å²) in [5.41, 5.74) is 2.51. The Morgan fingerprint density at radius 1 is 1.25 bits per heavy atom. The van der Waals surface area contributed by atoms with Crippen molar-refractivity contribution >= 4 is 33.0 Å². The molecule has 0 bridgehead atoms. The summed E-state index contributed by atoms with van der Waals surface area (Å²) in [5, 5.41) is 6.71. The van der Waals surface area contributed by atoms with Crippen molar-refractivity contribution in [3.05, 3.63) is 58.1 Å². The Bertz CT molecular complexity index is 1060. The fourth-order valence-electron chi connectivity index (χ4n) is 2.53. The van der Waals surface area contributed by atoms with Crippen molar-refractivity contribution in [1.29, 1.82) is 0 Å². The van der Waals surface area contributed by atoms with Gasteiger partial charge in [0, 0.05) is 0 Å². The van der Waals surface area contributed by atoms with Crippen LogP contribution in [0.2, 0.25) is 0 Å². The Morgan fingerprint density at radius 2 is 2.04 bits per heavy atom. The number of rotatable bonds is 8. The van der Waals surface area contributed by atoms with E-state index in [2.05, 4.69) is 15.0 Å². The van der Waals surface area contributed by atoms with Crippen LogP contribution < -0.4 is 10.0 Å². The number of anilines is 1. The summed E-state index contributed by atoms with van der Waals surface area (Å²) in [5.74, 6) is 0.735. The summed E-state index contributed by atoms with van der Waals surface area (Å²) in [6.07, 6.45) is 0.314. The summed E-state index contributed by atoms with van der Waals surface area (Å²) in [6, 6.07) is 8.82. The van der Waals surface area contributed by atoms with Crippen molar-refractivity contribution in [1.82, 2.24) is 10.3 Å². The van der Waals surface area contributed by atoms with E-state index in [1.54, 1.807) is 49.4 Å². The Balaban J connectivity index is 1.74. The van der Waals surface area contributed by atoms with Gasteiger partial charge in [-0.2, -0.15) is 11.3 Å². The minimum Gasteiger partial charge on any atom is -0.441 e. The van der Waals surface area contributed by atoms with E-state index in [1.807, 2.05) is 16.8 Å². The lowest BCUT2D eigenvalue weighted by Gasteiger charge is -2.09. The number of hydrogen-bond acceptors (Lipinski definition) is 6. The van der Waals surface area contributed by atoms with Gasteiger partial charge in [0.25, 0.3) is 0 Å². The second-order valence-electron chi connectivity index (χ2n) is 6.16. The van der Waals surface area contributed by atoms with E-state index in [9.17, 15) is 13.2 Å². The van der Waals surface area contributed by atoms with E-state index >= 15 is 0 Å². The van der Waals surface area contributed by atoms with Crippen LogP contribution in [0, 0.1) is 6.92 Å². The molecule has 2 heterocycles. The molecule has 0 radical (unpaired) electrons. The van der Waals surface area contributed by atoms with Crippen molar-refractivity contribution in [2.45, 2.75) is 26.8 Å². The summed E-state index contributed by atoms with van der Waals surface area (Å²) in [4.78, 5) is 16.5. The second kappa shape index (κ2) is 8.57. The Morgan fingerprint density at radius 3 is 2.75 bits per heavy atom. The maximum absolute atomic E-state index is 12.1. The molecular formula is C19H21N3O4S2. The zero-order chi connectivity index (χ0) is 20.1. The fraction of sp³-hybridized carbons (Fsp3) is 0.263. The molecule has 1 aromatic carbocycles. The Hall–Kier alpha value is -2.65. The third-order valence-electron chi connectivity index (χ3n) is 4.09. The predicted octanol–water partition coefficient (Wildman–Crippen LogP) is 3.33. The van der Waals surface area contributed by atoms with Crippen LogP contribution in [0.1, 0.15) is 23.9 Å². The summed E-state index contributed by atoms with van der Waals surface area (Å²) >= 11 is 1.55. The zero-order valence-corrected chi connectivity index (χ0v) is 17.2. The SMILES string of the molecule is CCS(=O)(=O)Nc1ccccc1-c1nc(CNC(=O)Cc2ccsc2)c(C)o1. The number of aryl methyl sites for hydroxylation is 1. The van der Waals surface area contributed by atoms with Gasteiger partial charge in [-0.1, -0.05) is 12.1 Å². The molecular weight excluding hydrogens is 398 g/mol. The first-order valence-electron chi connectivity index (χ1n) is 8.72. The number of nitrogens with one attached hydrogen (secondary N) is 2. The number of carbonyl (C=O) groups is 1. The Kier molecular flexibility index (Phi) is 6.15. The standard InChI is InChI=1S/C19H21N3O4S2/c1-3-28(24,25)22-16-7-5-4-6-15(16)19-21-17(13(2)26-19)11-20-18(23)10-14-8-9-27-12-14/h4-9,12,22H,3,10-11H2,1-2H3,(H,20,23). The number of benzene rings is 1. The monoisotopic (exact) mass is 419 g/mol. The highest BCUT2D eigenvalue weighted by Gasteiger charge is 2.17. The van der Waals surface area contributed by atoms with E-state index in [0.29, 0.717) is 35.0 Å². The van der Waals surface area contributed by atoms with Crippen LogP contribution in [-0.2, 0) is 27.8 Å². The first kappa shape index (κ1) is 20.1. The van der Waals surface area contributed by atoms with Gasteiger partial charge in [-0.05, 0) is 48.4 Å². The Labute approximate surface area is 167 Å². The highest BCUT2D eigenvalue weighted by atomic mass is 32.2. The van der Waals surface area contributed by atoms with Gasteiger partial charge in [0.2, 0.25) is 21.8 Å². The molecule has 0 aliphatic heterocycles. The van der Waals surface area contributed by atoms with Gasteiger partial charge in [0.05, 0.1) is 30.0 Å². The number of oxazole rings is 1. The lowest BCUT2D eigenvalue weighted by Crippen LogP contribution is -2.24.